The van der Waals surface area contributed by atoms with Gasteiger partial charge in [-0.25, -0.2) is 4.98 Å². The first kappa shape index (κ1) is 10.6. The molecule has 0 radical (unpaired) electrons. The molecule has 1 fully saturated rings. The molecule has 2 aromatic rings. The maximum absolute atomic E-state index is 6.16. The predicted octanol–water partition coefficient (Wildman–Crippen LogP) is 2.12. The third kappa shape index (κ3) is 1.78. The molecule has 4 heteroatoms. The lowest BCUT2D eigenvalue weighted by atomic mass is 9.99. The van der Waals surface area contributed by atoms with Crippen LogP contribution in [0.4, 0.5) is 5.82 Å². The summed E-state index contributed by atoms with van der Waals surface area (Å²) in [6.07, 6.45) is 4.20. The van der Waals surface area contributed by atoms with Crippen molar-refractivity contribution in [2.75, 3.05) is 18.9 Å². The second-order valence-electron chi connectivity index (χ2n) is 4.73. The lowest BCUT2D eigenvalue weighted by Gasteiger charge is -2.20. The van der Waals surface area contributed by atoms with E-state index in [0.717, 1.165) is 43.2 Å². The monoisotopic (exact) mass is 231 g/mol. The zero-order chi connectivity index (χ0) is 11.8. The van der Waals surface area contributed by atoms with Gasteiger partial charge < -0.3 is 10.5 Å². The third-order valence-corrected chi connectivity index (χ3v) is 3.39. The Kier molecular flexibility index (Phi) is 2.52. The summed E-state index contributed by atoms with van der Waals surface area (Å²) in [5.41, 5.74) is 9.30. The fourth-order valence-corrected chi connectivity index (χ4v) is 2.44. The lowest BCUT2D eigenvalue weighted by molar-refractivity contribution is 0.0796. The van der Waals surface area contributed by atoms with E-state index in [1.165, 1.54) is 5.56 Å². The Morgan fingerprint density at radius 3 is 3.18 bits per heavy atom. The fourth-order valence-electron chi connectivity index (χ4n) is 2.44. The smallest absolute Gasteiger partial charge is 0.138 e. The number of imidazole rings is 1. The van der Waals surface area contributed by atoms with Gasteiger partial charge in [-0.3, -0.25) is 4.40 Å². The number of hydrogen-bond donors (Lipinski definition) is 1. The quantitative estimate of drug-likeness (QED) is 0.818. The van der Waals surface area contributed by atoms with Crippen molar-refractivity contribution in [1.29, 1.82) is 0 Å². The van der Waals surface area contributed by atoms with Crippen molar-refractivity contribution in [1.82, 2.24) is 9.38 Å². The van der Waals surface area contributed by atoms with Crippen LogP contribution in [0.2, 0.25) is 0 Å². The predicted molar refractivity (Wildman–Crippen MR) is 67.1 cm³/mol. The molecule has 1 unspecified atom stereocenters. The molecule has 2 N–H and O–H groups in total. The molecule has 0 amide bonds. The van der Waals surface area contributed by atoms with Crippen molar-refractivity contribution < 1.29 is 4.74 Å². The van der Waals surface area contributed by atoms with Crippen molar-refractivity contribution in [3.63, 3.8) is 0 Å². The minimum atomic E-state index is 0.351. The summed E-state index contributed by atoms with van der Waals surface area (Å²) in [6, 6.07) is 4.11. The Hall–Kier alpha value is -1.55. The van der Waals surface area contributed by atoms with Crippen molar-refractivity contribution >= 4 is 11.5 Å². The molecule has 1 atom stereocenters. The molecule has 0 saturated carbocycles. The minimum Gasteiger partial charge on any atom is -0.383 e. The van der Waals surface area contributed by atoms with Crippen LogP contribution in [0.1, 0.15) is 30.0 Å². The van der Waals surface area contributed by atoms with Crippen LogP contribution in [0.15, 0.2) is 18.3 Å². The van der Waals surface area contributed by atoms with Gasteiger partial charge in [0.05, 0.1) is 12.3 Å². The number of ether oxygens (including phenoxy) is 1. The van der Waals surface area contributed by atoms with Gasteiger partial charge in [0, 0.05) is 18.7 Å². The van der Waals surface area contributed by atoms with Crippen molar-refractivity contribution in [2.45, 2.75) is 25.7 Å². The Bertz CT molecular complexity index is 541. The van der Waals surface area contributed by atoms with Gasteiger partial charge in [-0.15, -0.1) is 0 Å². The molecule has 3 rings (SSSR count). The molecule has 2 aromatic heterocycles. The van der Waals surface area contributed by atoms with Gasteiger partial charge in [0.25, 0.3) is 0 Å². The van der Waals surface area contributed by atoms with E-state index in [-0.39, 0.29) is 0 Å². The summed E-state index contributed by atoms with van der Waals surface area (Å²) in [5.74, 6) is 1.11. The first-order chi connectivity index (χ1) is 8.25. The van der Waals surface area contributed by atoms with Crippen LogP contribution in [0, 0.1) is 6.92 Å². The van der Waals surface area contributed by atoms with E-state index < -0.39 is 0 Å². The number of aryl methyl sites for hydroxylation is 1. The van der Waals surface area contributed by atoms with Crippen LogP contribution in [0.25, 0.3) is 5.65 Å². The normalized spacial score (nSPS) is 20.9. The van der Waals surface area contributed by atoms with Crippen molar-refractivity contribution in [3.8, 4) is 0 Å². The molecule has 0 aliphatic carbocycles. The Labute approximate surface area is 100 Å². The Morgan fingerprint density at radius 2 is 2.41 bits per heavy atom. The molecule has 3 heterocycles. The second kappa shape index (κ2) is 4.04. The van der Waals surface area contributed by atoms with E-state index >= 15 is 0 Å². The molecular weight excluding hydrogens is 214 g/mol. The minimum absolute atomic E-state index is 0.351. The molecule has 1 aliphatic rings. The molecular formula is C13H17N3O. The van der Waals surface area contributed by atoms with Gasteiger partial charge in [0.15, 0.2) is 0 Å². The van der Waals surface area contributed by atoms with Gasteiger partial charge in [0.1, 0.15) is 11.5 Å². The highest BCUT2D eigenvalue weighted by atomic mass is 16.5. The molecule has 0 bridgehead atoms. The number of nitrogens with two attached hydrogens (primary N) is 1. The summed E-state index contributed by atoms with van der Waals surface area (Å²) < 4.78 is 7.46. The Morgan fingerprint density at radius 1 is 1.53 bits per heavy atom. The largest absolute Gasteiger partial charge is 0.383 e. The summed E-state index contributed by atoms with van der Waals surface area (Å²) >= 11 is 0. The van der Waals surface area contributed by atoms with Gasteiger partial charge in [-0.2, -0.15) is 0 Å². The molecule has 1 aliphatic heterocycles. The number of nitrogen functional groups attached to an aromatic ring is 1. The van der Waals surface area contributed by atoms with Gasteiger partial charge in [0.2, 0.25) is 0 Å². The molecule has 1 saturated heterocycles. The van der Waals surface area contributed by atoms with Gasteiger partial charge >= 0.3 is 0 Å². The van der Waals surface area contributed by atoms with E-state index in [1.807, 2.05) is 16.7 Å². The standard InChI is InChI=1S/C13H17N3O/c1-9-4-5-16-11(7-9)15-12(13(16)14)10-3-2-6-17-8-10/h4-5,7,10H,2-3,6,8,14H2,1H3. The SMILES string of the molecule is Cc1ccn2c(N)c(C3CCCOC3)nc2c1. The zero-order valence-electron chi connectivity index (χ0n) is 10.0. The number of fused-ring (bicyclic) bond motifs is 1. The molecule has 4 nitrogen and oxygen atoms in total. The maximum Gasteiger partial charge on any atom is 0.138 e. The highest BCUT2D eigenvalue weighted by Gasteiger charge is 2.22. The topological polar surface area (TPSA) is 52.5 Å². The zero-order valence-corrected chi connectivity index (χ0v) is 10.0. The number of hydrogen-bond acceptors (Lipinski definition) is 3. The van der Waals surface area contributed by atoms with Crippen LogP contribution in [-0.2, 0) is 4.74 Å². The lowest BCUT2D eigenvalue weighted by Crippen LogP contribution is -2.17. The van der Waals surface area contributed by atoms with Crippen molar-refractivity contribution in [2.24, 2.45) is 0 Å². The Balaban J connectivity index is 2.07. The number of nitrogens with zero attached hydrogens (tertiary/aromatic N) is 2. The molecule has 90 valence electrons. The van der Waals surface area contributed by atoms with E-state index in [4.69, 9.17) is 10.5 Å². The highest BCUT2D eigenvalue weighted by Crippen LogP contribution is 2.29. The number of anilines is 1. The van der Waals surface area contributed by atoms with Gasteiger partial charge in [-0.1, -0.05) is 0 Å². The highest BCUT2D eigenvalue weighted by molar-refractivity contribution is 5.54. The fraction of sp³-hybridized carbons (Fsp3) is 0.462. The molecule has 0 spiro atoms. The van der Waals surface area contributed by atoms with Crippen LogP contribution < -0.4 is 5.73 Å². The van der Waals surface area contributed by atoms with Crippen LogP contribution in [-0.4, -0.2) is 22.6 Å². The first-order valence-electron chi connectivity index (χ1n) is 6.07. The third-order valence-electron chi connectivity index (χ3n) is 3.39. The average Bonchev–Trinajstić information content (AvgIpc) is 2.67. The summed E-state index contributed by atoms with van der Waals surface area (Å²) in [4.78, 5) is 4.65. The number of pyridine rings is 1. The van der Waals surface area contributed by atoms with E-state index in [9.17, 15) is 0 Å². The summed E-state index contributed by atoms with van der Waals surface area (Å²) in [5, 5.41) is 0. The van der Waals surface area contributed by atoms with E-state index in [1.54, 1.807) is 0 Å². The summed E-state index contributed by atoms with van der Waals surface area (Å²) in [7, 11) is 0. The average molecular weight is 231 g/mol. The van der Waals surface area contributed by atoms with Gasteiger partial charge in [-0.05, 0) is 37.5 Å². The van der Waals surface area contributed by atoms with E-state index in [0.29, 0.717) is 5.92 Å². The van der Waals surface area contributed by atoms with Crippen LogP contribution in [0.5, 0.6) is 0 Å². The number of rotatable bonds is 1. The van der Waals surface area contributed by atoms with Crippen molar-refractivity contribution in [3.05, 3.63) is 29.6 Å². The van der Waals surface area contributed by atoms with Crippen LogP contribution >= 0.6 is 0 Å². The number of aromatic nitrogens is 2. The van der Waals surface area contributed by atoms with E-state index in [2.05, 4.69) is 18.0 Å². The second-order valence-corrected chi connectivity index (χ2v) is 4.73. The van der Waals surface area contributed by atoms with Crippen LogP contribution in [0.3, 0.4) is 0 Å². The summed E-state index contributed by atoms with van der Waals surface area (Å²) in [6.45, 7) is 3.67. The molecule has 0 aromatic carbocycles. The molecule has 17 heavy (non-hydrogen) atoms. The maximum atomic E-state index is 6.16. The first-order valence-corrected chi connectivity index (χ1v) is 6.07.